The van der Waals surface area contributed by atoms with Crippen LogP contribution in [0.15, 0.2) is 4.99 Å². The first-order chi connectivity index (χ1) is 2.89. The van der Waals surface area contributed by atoms with Crippen molar-refractivity contribution in [2.45, 2.75) is 5.50 Å². The Bertz CT molecular complexity index is 73.2. The van der Waals surface area contributed by atoms with Gasteiger partial charge in [0.2, 0.25) is 0 Å². The van der Waals surface area contributed by atoms with Crippen molar-refractivity contribution in [3.05, 3.63) is 5.75 Å². The zero-order chi connectivity index (χ0) is 4.41. The molecule has 33 valence electrons. The fourth-order valence-corrected chi connectivity index (χ4v) is 1.00. The van der Waals surface area contributed by atoms with Crippen LogP contribution in [0.3, 0.4) is 0 Å². The lowest BCUT2D eigenvalue weighted by Crippen LogP contribution is -1.80. The van der Waals surface area contributed by atoms with E-state index in [2.05, 4.69) is 4.99 Å². The molecule has 0 aromatic rings. The second-order valence-electron chi connectivity index (χ2n) is 0.899. The molecule has 0 saturated carbocycles. The van der Waals surface area contributed by atoms with E-state index in [9.17, 15) is 0 Å². The van der Waals surface area contributed by atoms with Crippen LogP contribution < -0.4 is 0 Å². The van der Waals surface area contributed by atoms with Crippen LogP contribution in [0, 0.1) is 5.75 Å². The van der Waals surface area contributed by atoms with Crippen molar-refractivity contribution in [3.8, 4) is 0 Å². The van der Waals surface area contributed by atoms with Gasteiger partial charge in [0.05, 0.1) is 11.3 Å². The van der Waals surface area contributed by atoms with Crippen LogP contribution in [0.4, 0.5) is 0 Å². The SMILES string of the molecule is ClC1[CH]SC=N1. The molecular weight excluding hydrogens is 118 g/mol. The summed E-state index contributed by atoms with van der Waals surface area (Å²) in [5, 5.41) is 0. The minimum absolute atomic E-state index is 0.0741. The molecule has 0 amide bonds. The minimum Gasteiger partial charge on any atom is -0.266 e. The molecule has 1 unspecified atom stereocenters. The Morgan fingerprint density at radius 1 is 1.83 bits per heavy atom. The number of alkyl halides is 1. The highest BCUT2D eigenvalue weighted by atomic mass is 35.5. The van der Waals surface area contributed by atoms with E-state index in [1.54, 1.807) is 5.55 Å². The van der Waals surface area contributed by atoms with E-state index < -0.39 is 0 Å². The van der Waals surface area contributed by atoms with E-state index in [0.29, 0.717) is 0 Å². The zero-order valence-corrected chi connectivity index (χ0v) is 4.54. The van der Waals surface area contributed by atoms with E-state index >= 15 is 0 Å². The summed E-state index contributed by atoms with van der Waals surface area (Å²) in [6.45, 7) is 0. The maximum absolute atomic E-state index is 5.44. The number of hydrogen-bond acceptors (Lipinski definition) is 2. The Labute approximate surface area is 45.8 Å². The first-order valence-electron chi connectivity index (χ1n) is 1.54. The van der Waals surface area contributed by atoms with Gasteiger partial charge in [0.1, 0.15) is 5.50 Å². The molecule has 1 nitrogen and oxygen atoms in total. The van der Waals surface area contributed by atoms with Crippen molar-refractivity contribution < 1.29 is 0 Å². The predicted octanol–water partition coefficient (Wildman–Crippen LogP) is 1.49. The molecule has 0 N–H and O–H groups in total. The molecule has 0 fully saturated rings. The van der Waals surface area contributed by atoms with Gasteiger partial charge in [0.25, 0.3) is 0 Å². The zero-order valence-electron chi connectivity index (χ0n) is 2.97. The summed E-state index contributed by atoms with van der Waals surface area (Å²) in [5.74, 6) is 1.86. The molecule has 0 aromatic heterocycles. The molecule has 0 saturated heterocycles. The highest BCUT2D eigenvalue weighted by Crippen LogP contribution is 2.18. The molecule has 0 spiro atoms. The molecule has 3 heteroatoms. The third-order valence-electron chi connectivity index (χ3n) is 0.455. The fraction of sp³-hybridized carbons (Fsp3) is 0.333. The van der Waals surface area contributed by atoms with Gasteiger partial charge in [0.15, 0.2) is 0 Å². The van der Waals surface area contributed by atoms with Gasteiger partial charge in [-0.05, 0) is 0 Å². The minimum atomic E-state index is -0.0741. The smallest absolute Gasteiger partial charge is 0.137 e. The number of thioether (sulfide) groups is 1. The first kappa shape index (κ1) is 4.47. The maximum Gasteiger partial charge on any atom is 0.137 e. The number of nitrogens with zero attached hydrogens (tertiary/aromatic N) is 1. The number of rotatable bonds is 0. The standard InChI is InChI=1S/C3H3ClNS/c4-3-1-6-2-5-3/h1-3H. The van der Waals surface area contributed by atoms with Gasteiger partial charge in [-0.2, -0.15) is 0 Å². The highest BCUT2D eigenvalue weighted by Gasteiger charge is 2.04. The van der Waals surface area contributed by atoms with Crippen LogP contribution in [-0.2, 0) is 0 Å². The van der Waals surface area contributed by atoms with Crippen LogP contribution in [0.25, 0.3) is 0 Å². The van der Waals surface area contributed by atoms with Crippen LogP contribution in [0.2, 0.25) is 0 Å². The van der Waals surface area contributed by atoms with Gasteiger partial charge >= 0.3 is 0 Å². The first-order valence-corrected chi connectivity index (χ1v) is 2.92. The van der Waals surface area contributed by atoms with Crippen LogP contribution in [0.1, 0.15) is 0 Å². The van der Waals surface area contributed by atoms with Crippen LogP contribution in [-0.4, -0.2) is 11.0 Å². The summed E-state index contributed by atoms with van der Waals surface area (Å²) in [5.41, 5.74) is 1.66. The highest BCUT2D eigenvalue weighted by molar-refractivity contribution is 8.14. The van der Waals surface area contributed by atoms with E-state index in [4.69, 9.17) is 11.6 Å². The molecule has 0 bridgehead atoms. The summed E-state index contributed by atoms with van der Waals surface area (Å²) in [4.78, 5) is 3.78. The summed E-state index contributed by atoms with van der Waals surface area (Å²) >= 11 is 6.97. The third kappa shape index (κ3) is 0.884. The molecule has 1 atom stereocenters. The Morgan fingerprint density at radius 3 is 2.83 bits per heavy atom. The van der Waals surface area contributed by atoms with Gasteiger partial charge in [-0.1, -0.05) is 11.6 Å². The molecule has 1 aliphatic heterocycles. The molecule has 1 heterocycles. The molecule has 0 aliphatic carbocycles. The molecule has 1 radical (unpaired) electrons. The van der Waals surface area contributed by atoms with Crippen molar-refractivity contribution in [2.24, 2.45) is 4.99 Å². The fourth-order valence-electron chi connectivity index (χ4n) is 0.228. The van der Waals surface area contributed by atoms with E-state index in [0.717, 1.165) is 0 Å². The Hall–Kier alpha value is 0.310. The third-order valence-corrected chi connectivity index (χ3v) is 1.50. The Balaban J connectivity index is 2.38. The van der Waals surface area contributed by atoms with Crippen molar-refractivity contribution in [2.75, 3.05) is 0 Å². The number of hydrogen-bond donors (Lipinski definition) is 0. The van der Waals surface area contributed by atoms with E-state index in [-0.39, 0.29) is 5.50 Å². The molecule has 1 aliphatic rings. The van der Waals surface area contributed by atoms with Crippen LogP contribution in [0.5, 0.6) is 0 Å². The Kier molecular flexibility index (Phi) is 1.37. The summed E-state index contributed by atoms with van der Waals surface area (Å²) in [7, 11) is 0. The topological polar surface area (TPSA) is 12.4 Å². The van der Waals surface area contributed by atoms with Gasteiger partial charge in [-0.25, -0.2) is 0 Å². The number of halogens is 1. The lowest BCUT2D eigenvalue weighted by molar-refractivity contribution is 1.15. The van der Waals surface area contributed by atoms with Gasteiger partial charge < -0.3 is 0 Å². The molecule has 0 aromatic carbocycles. The lowest BCUT2D eigenvalue weighted by atomic mass is 10.8. The van der Waals surface area contributed by atoms with Gasteiger partial charge in [0, 0.05) is 0 Å². The molecule has 1 rings (SSSR count). The Morgan fingerprint density at radius 2 is 2.67 bits per heavy atom. The van der Waals surface area contributed by atoms with Gasteiger partial charge in [-0.3, -0.25) is 4.99 Å². The largest absolute Gasteiger partial charge is 0.266 e. The normalized spacial score (nSPS) is 31.8. The van der Waals surface area contributed by atoms with Crippen molar-refractivity contribution in [1.82, 2.24) is 0 Å². The second-order valence-corrected chi connectivity index (χ2v) is 2.10. The van der Waals surface area contributed by atoms with E-state index in [1.807, 2.05) is 5.75 Å². The molecular formula is C3H3ClNS. The maximum atomic E-state index is 5.44. The van der Waals surface area contributed by atoms with Crippen molar-refractivity contribution in [1.29, 1.82) is 0 Å². The second kappa shape index (κ2) is 1.85. The average molecular weight is 121 g/mol. The van der Waals surface area contributed by atoms with E-state index in [1.165, 1.54) is 11.8 Å². The van der Waals surface area contributed by atoms with Crippen molar-refractivity contribution in [3.63, 3.8) is 0 Å². The van der Waals surface area contributed by atoms with Crippen LogP contribution >= 0.6 is 23.4 Å². The van der Waals surface area contributed by atoms with Gasteiger partial charge in [-0.15, -0.1) is 11.8 Å². The molecule has 6 heavy (non-hydrogen) atoms. The average Bonchev–Trinajstić information content (AvgIpc) is 1.86. The monoisotopic (exact) mass is 120 g/mol. The summed E-state index contributed by atoms with van der Waals surface area (Å²) in [6, 6.07) is 0. The number of aliphatic imine (C=N–C) groups is 1. The quantitative estimate of drug-likeness (QED) is 0.349. The summed E-state index contributed by atoms with van der Waals surface area (Å²) < 4.78 is 0. The predicted molar refractivity (Wildman–Crippen MR) is 30.0 cm³/mol. The lowest BCUT2D eigenvalue weighted by Gasteiger charge is -1.83. The summed E-state index contributed by atoms with van der Waals surface area (Å²) in [6.07, 6.45) is 0. The van der Waals surface area contributed by atoms with Crippen molar-refractivity contribution >= 4 is 28.9 Å².